The maximum atomic E-state index is 12.8. The normalized spacial score (nSPS) is 15.3. The first-order valence-corrected chi connectivity index (χ1v) is 11.3. The van der Waals surface area contributed by atoms with Crippen LogP contribution in [-0.4, -0.2) is 56.1 Å². The van der Waals surface area contributed by atoms with E-state index in [1.54, 1.807) is 24.1 Å². The minimum Gasteiger partial charge on any atom is -0.493 e. The first-order chi connectivity index (χ1) is 15.6. The number of benzene rings is 2. The number of carbonyl (C=O) groups excluding carboxylic acids is 2. The molecule has 7 nitrogen and oxygen atoms in total. The summed E-state index contributed by atoms with van der Waals surface area (Å²) in [7, 11) is 1.57. The van der Waals surface area contributed by atoms with E-state index in [9.17, 15) is 9.59 Å². The highest BCUT2D eigenvalue weighted by atomic mass is 16.5. The van der Waals surface area contributed by atoms with E-state index >= 15 is 0 Å². The van der Waals surface area contributed by atoms with E-state index in [4.69, 9.17) is 9.47 Å². The van der Waals surface area contributed by atoms with Crippen molar-refractivity contribution >= 4 is 23.2 Å². The van der Waals surface area contributed by atoms with E-state index in [-0.39, 0.29) is 30.9 Å². The van der Waals surface area contributed by atoms with Gasteiger partial charge in [0.1, 0.15) is 0 Å². The Morgan fingerprint density at radius 1 is 1.03 bits per heavy atom. The average molecular weight is 438 g/mol. The second kappa shape index (κ2) is 10.4. The Bertz CT molecular complexity index is 921. The lowest BCUT2D eigenvalue weighted by Gasteiger charge is -2.22. The van der Waals surface area contributed by atoms with Gasteiger partial charge in [-0.2, -0.15) is 0 Å². The van der Waals surface area contributed by atoms with Crippen molar-refractivity contribution in [2.75, 3.05) is 43.6 Å². The van der Waals surface area contributed by atoms with E-state index in [1.165, 1.54) is 18.5 Å². The van der Waals surface area contributed by atoms with Gasteiger partial charge in [-0.3, -0.25) is 9.59 Å². The lowest BCUT2D eigenvalue weighted by atomic mass is 10.2. The SMILES string of the molecule is COc1ccccc1OCC(=O)N(CCC(=O)Nc1ccc(N2CCCC2)cc1)C1CC1. The monoisotopic (exact) mass is 437 g/mol. The molecule has 1 aliphatic carbocycles. The van der Waals surface area contributed by atoms with Crippen LogP contribution in [-0.2, 0) is 9.59 Å². The summed E-state index contributed by atoms with van der Waals surface area (Å²) in [6.07, 6.45) is 4.67. The van der Waals surface area contributed by atoms with Crippen molar-refractivity contribution in [2.45, 2.75) is 38.1 Å². The molecule has 1 saturated heterocycles. The van der Waals surface area contributed by atoms with Crippen LogP contribution in [0.5, 0.6) is 11.5 Å². The summed E-state index contributed by atoms with van der Waals surface area (Å²) in [6.45, 7) is 2.50. The number of carbonyl (C=O) groups is 2. The smallest absolute Gasteiger partial charge is 0.260 e. The van der Waals surface area contributed by atoms with Crippen molar-refractivity contribution in [3.8, 4) is 11.5 Å². The van der Waals surface area contributed by atoms with Crippen LogP contribution in [0.1, 0.15) is 32.1 Å². The molecule has 2 aromatic carbocycles. The number of hydrogen-bond donors (Lipinski definition) is 1. The molecule has 0 spiro atoms. The molecule has 4 rings (SSSR count). The van der Waals surface area contributed by atoms with Gasteiger partial charge >= 0.3 is 0 Å². The molecule has 170 valence electrons. The number of methoxy groups -OCH3 is 1. The largest absolute Gasteiger partial charge is 0.493 e. The molecule has 2 aromatic rings. The average Bonchev–Trinajstić information content (AvgIpc) is 3.50. The van der Waals surface area contributed by atoms with Gasteiger partial charge in [-0.1, -0.05) is 12.1 Å². The zero-order valence-electron chi connectivity index (χ0n) is 18.6. The van der Waals surface area contributed by atoms with Gasteiger partial charge in [0.15, 0.2) is 18.1 Å². The Morgan fingerprint density at radius 3 is 2.38 bits per heavy atom. The van der Waals surface area contributed by atoms with Crippen LogP contribution in [0.15, 0.2) is 48.5 Å². The summed E-state index contributed by atoms with van der Waals surface area (Å²) >= 11 is 0. The molecule has 0 aromatic heterocycles. The van der Waals surface area contributed by atoms with Crippen molar-refractivity contribution in [2.24, 2.45) is 0 Å². The first kappa shape index (κ1) is 22.0. The van der Waals surface area contributed by atoms with E-state index in [2.05, 4.69) is 22.3 Å². The van der Waals surface area contributed by atoms with Crippen molar-refractivity contribution in [1.29, 1.82) is 0 Å². The number of rotatable bonds is 10. The van der Waals surface area contributed by atoms with E-state index in [1.807, 2.05) is 24.3 Å². The summed E-state index contributed by atoms with van der Waals surface area (Å²) in [4.78, 5) is 29.4. The Labute approximate surface area is 189 Å². The molecular weight excluding hydrogens is 406 g/mol. The highest BCUT2D eigenvalue weighted by Gasteiger charge is 2.32. The molecule has 32 heavy (non-hydrogen) atoms. The Hall–Kier alpha value is -3.22. The van der Waals surface area contributed by atoms with Gasteiger partial charge in [0, 0.05) is 43.5 Å². The third-order valence-electron chi connectivity index (χ3n) is 5.93. The van der Waals surface area contributed by atoms with Gasteiger partial charge in [-0.25, -0.2) is 0 Å². The molecule has 1 heterocycles. The number of nitrogens with one attached hydrogen (secondary N) is 1. The fourth-order valence-corrected chi connectivity index (χ4v) is 4.03. The lowest BCUT2D eigenvalue weighted by Crippen LogP contribution is -2.38. The second-order valence-electron chi connectivity index (χ2n) is 8.30. The molecule has 0 atom stereocenters. The first-order valence-electron chi connectivity index (χ1n) is 11.3. The molecule has 1 N–H and O–H groups in total. The summed E-state index contributed by atoms with van der Waals surface area (Å²) in [6, 6.07) is 15.4. The van der Waals surface area contributed by atoms with Crippen LogP contribution < -0.4 is 19.7 Å². The summed E-state index contributed by atoms with van der Waals surface area (Å²) in [5, 5.41) is 2.94. The van der Waals surface area contributed by atoms with Gasteiger partial charge in [0.25, 0.3) is 5.91 Å². The summed E-state index contributed by atoms with van der Waals surface area (Å²) < 4.78 is 10.9. The van der Waals surface area contributed by atoms with E-state index < -0.39 is 0 Å². The van der Waals surface area contributed by atoms with Crippen LogP contribution >= 0.6 is 0 Å². The zero-order valence-corrected chi connectivity index (χ0v) is 18.6. The number of amides is 2. The molecule has 7 heteroatoms. The summed E-state index contributed by atoms with van der Waals surface area (Å²) in [5.74, 6) is 0.923. The molecule has 0 unspecified atom stereocenters. The second-order valence-corrected chi connectivity index (χ2v) is 8.30. The number of nitrogens with zero attached hydrogens (tertiary/aromatic N) is 2. The Balaban J connectivity index is 1.26. The third-order valence-corrected chi connectivity index (χ3v) is 5.93. The van der Waals surface area contributed by atoms with Crippen LogP contribution in [0.3, 0.4) is 0 Å². The molecule has 2 fully saturated rings. The maximum absolute atomic E-state index is 12.8. The highest BCUT2D eigenvalue weighted by Crippen LogP contribution is 2.29. The molecule has 1 aliphatic heterocycles. The van der Waals surface area contributed by atoms with Crippen LogP contribution in [0.4, 0.5) is 11.4 Å². The van der Waals surface area contributed by atoms with Crippen molar-refractivity contribution in [3.05, 3.63) is 48.5 Å². The Morgan fingerprint density at radius 2 is 1.72 bits per heavy atom. The minimum atomic E-state index is -0.110. The van der Waals surface area contributed by atoms with Crippen LogP contribution in [0.2, 0.25) is 0 Å². The fourth-order valence-electron chi connectivity index (χ4n) is 4.03. The van der Waals surface area contributed by atoms with Crippen LogP contribution in [0, 0.1) is 0 Å². The number of hydrogen-bond acceptors (Lipinski definition) is 5. The fraction of sp³-hybridized carbons (Fsp3) is 0.440. The number of para-hydroxylation sites is 2. The van der Waals surface area contributed by atoms with Gasteiger partial charge in [0.2, 0.25) is 5.91 Å². The standard InChI is InChI=1S/C25H31N3O4/c1-31-22-6-2-3-7-23(22)32-18-25(30)28(21-12-13-21)17-14-24(29)26-19-8-10-20(11-9-19)27-15-4-5-16-27/h2-3,6-11,21H,4-5,12-18H2,1H3,(H,26,29). The van der Waals surface area contributed by atoms with Crippen molar-refractivity contribution < 1.29 is 19.1 Å². The number of ether oxygens (including phenoxy) is 2. The van der Waals surface area contributed by atoms with Crippen molar-refractivity contribution in [1.82, 2.24) is 4.90 Å². The van der Waals surface area contributed by atoms with Crippen molar-refractivity contribution in [3.63, 3.8) is 0 Å². The minimum absolute atomic E-state index is 0.0730. The van der Waals surface area contributed by atoms with E-state index in [0.717, 1.165) is 31.6 Å². The third kappa shape index (κ3) is 5.72. The highest BCUT2D eigenvalue weighted by molar-refractivity contribution is 5.91. The van der Waals surface area contributed by atoms with Gasteiger partial charge < -0.3 is 24.6 Å². The number of anilines is 2. The van der Waals surface area contributed by atoms with Gasteiger partial charge in [0.05, 0.1) is 7.11 Å². The van der Waals surface area contributed by atoms with Gasteiger partial charge in [-0.05, 0) is 62.1 Å². The molecule has 0 radical (unpaired) electrons. The Kier molecular flexibility index (Phi) is 7.14. The van der Waals surface area contributed by atoms with E-state index in [0.29, 0.717) is 18.0 Å². The topological polar surface area (TPSA) is 71.1 Å². The lowest BCUT2D eigenvalue weighted by molar-refractivity contribution is -0.134. The molecule has 2 amide bonds. The molecule has 2 aliphatic rings. The zero-order chi connectivity index (χ0) is 22.3. The maximum Gasteiger partial charge on any atom is 0.260 e. The molecule has 1 saturated carbocycles. The van der Waals surface area contributed by atoms with Crippen LogP contribution in [0.25, 0.3) is 0 Å². The quantitative estimate of drug-likeness (QED) is 0.614. The molecular formula is C25H31N3O4. The molecule has 0 bridgehead atoms. The predicted molar refractivity (Wildman–Crippen MR) is 124 cm³/mol. The summed E-state index contributed by atoms with van der Waals surface area (Å²) in [5.41, 5.74) is 1.97. The predicted octanol–water partition coefficient (Wildman–Crippen LogP) is 3.69. The van der Waals surface area contributed by atoms with Gasteiger partial charge in [-0.15, -0.1) is 0 Å².